The van der Waals surface area contributed by atoms with Crippen molar-refractivity contribution in [1.29, 1.82) is 0 Å². The van der Waals surface area contributed by atoms with E-state index in [1.807, 2.05) is 20.9 Å². The van der Waals surface area contributed by atoms with Crippen LogP contribution in [0.25, 0.3) is 0 Å². The van der Waals surface area contributed by atoms with Crippen molar-refractivity contribution in [2.24, 2.45) is 12.8 Å². The average molecular weight is 255 g/mol. The summed E-state index contributed by atoms with van der Waals surface area (Å²) < 4.78 is 6.75. The number of carbonyl (C=O) groups is 1. The number of ether oxygens (including phenoxy) is 1. The molecule has 0 aliphatic rings. The molecule has 1 heterocycles. The number of nitrogen functional groups attached to an aromatic ring is 1. The molecule has 0 aliphatic heterocycles. The minimum Gasteiger partial charge on any atom is -0.394 e. The summed E-state index contributed by atoms with van der Waals surface area (Å²) in [6, 6.07) is 0. The van der Waals surface area contributed by atoms with Crippen molar-refractivity contribution in [2.45, 2.75) is 19.8 Å². The van der Waals surface area contributed by atoms with E-state index < -0.39 is 5.91 Å². The molecule has 0 saturated heterocycles. The number of amides is 1. The Hall–Kier alpha value is -1.76. The van der Waals surface area contributed by atoms with E-state index in [1.165, 1.54) is 0 Å². The summed E-state index contributed by atoms with van der Waals surface area (Å²) in [5.41, 5.74) is 12.5. The lowest BCUT2D eigenvalue weighted by atomic mass is 10.1. The molecule has 102 valence electrons. The molecule has 7 nitrogen and oxygen atoms in total. The standard InChI is InChI=1S/C11H21N5O2/c1-7(2)10-9(13)11(16(3)15-10)14-4-5-18-6-8(12)17/h7,14H,4-6,13H2,1-3H3,(H2,12,17). The largest absolute Gasteiger partial charge is 0.394 e. The topological polar surface area (TPSA) is 108 Å². The van der Waals surface area contributed by atoms with Gasteiger partial charge in [-0.2, -0.15) is 5.10 Å². The highest BCUT2D eigenvalue weighted by molar-refractivity contribution is 5.75. The molecule has 0 atom stereocenters. The Morgan fingerprint density at radius 2 is 2.22 bits per heavy atom. The van der Waals surface area contributed by atoms with Gasteiger partial charge < -0.3 is 21.5 Å². The van der Waals surface area contributed by atoms with Crippen molar-refractivity contribution in [3.05, 3.63) is 5.69 Å². The third kappa shape index (κ3) is 3.63. The molecule has 0 aliphatic carbocycles. The van der Waals surface area contributed by atoms with Crippen molar-refractivity contribution in [3.63, 3.8) is 0 Å². The highest BCUT2D eigenvalue weighted by atomic mass is 16.5. The molecule has 7 heteroatoms. The minimum absolute atomic E-state index is 0.0696. The van der Waals surface area contributed by atoms with Crippen molar-refractivity contribution in [3.8, 4) is 0 Å². The summed E-state index contributed by atoms with van der Waals surface area (Å²) in [5.74, 6) is 0.566. The van der Waals surface area contributed by atoms with Crippen LogP contribution in [0.4, 0.5) is 11.5 Å². The zero-order valence-corrected chi connectivity index (χ0v) is 11.1. The molecule has 1 amide bonds. The van der Waals surface area contributed by atoms with Crippen LogP contribution in [0.1, 0.15) is 25.5 Å². The number of hydrogen-bond donors (Lipinski definition) is 3. The predicted octanol–water partition coefficient (Wildman–Crippen LogP) is 0.0395. The Kier molecular flexibility index (Phi) is 4.96. The fourth-order valence-corrected chi connectivity index (χ4v) is 1.61. The lowest BCUT2D eigenvalue weighted by molar-refractivity contribution is -0.122. The maximum atomic E-state index is 10.5. The molecule has 0 saturated carbocycles. The molecule has 0 fully saturated rings. The summed E-state index contributed by atoms with van der Waals surface area (Å²) in [6.07, 6.45) is 0. The van der Waals surface area contributed by atoms with Gasteiger partial charge in [0.25, 0.3) is 0 Å². The third-order valence-corrected chi connectivity index (χ3v) is 2.44. The molecule has 1 aromatic heterocycles. The molecule has 0 spiro atoms. The van der Waals surface area contributed by atoms with Crippen LogP contribution in [0.3, 0.4) is 0 Å². The number of aromatic nitrogens is 2. The number of anilines is 2. The fourth-order valence-electron chi connectivity index (χ4n) is 1.61. The van der Waals surface area contributed by atoms with E-state index in [1.54, 1.807) is 4.68 Å². The summed E-state index contributed by atoms with van der Waals surface area (Å²) in [4.78, 5) is 10.5. The number of primary amides is 1. The van der Waals surface area contributed by atoms with Gasteiger partial charge in [-0.1, -0.05) is 13.8 Å². The van der Waals surface area contributed by atoms with Crippen LogP contribution in [0.15, 0.2) is 0 Å². The van der Waals surface area contributed by atoms with Crippen LogP contribution < -0.4 is 16.8 Å². The van der Waals surface area contributed by atoms with E-state index in [4.69, 9.17) is 16.2 Å². The van der Waals surface area contributed by atoms with Crippen LogP contribution in [-0.2, 0) is 16.6 Å². The minimum atomic E-state index is -0.475. The summed E-state index contributed by atoms with van der Waals surface area (Å²) in [6.45, 7) is 4.93. The lowest BCUT2D eigenvalue weighted by Crippen LogP contribution is -2.21. The zero-order valence-electron chi connectivity index (χ0n) is 11.1. The summed E-state index contributed by atoms with van der Waals surface area (Å²) in [5, 5.41) is 7.48. The Labute approximate surface area is 106 Å². The van der Waals surface area contributed by atoms with Gasteiger partial charge in [-0.05, 0) is 5.92 Å². The molecule has 0 radical (unpaired) electrons. The number of hydrogen-bond acceptors (Lipinski definition) is 5. The summed E-state index contributed by atoms with van der Waals surface area (Å²) >= 11 is 0. The van der Waals surface area contributed by atoms with Crippen LogP contribution in [-0.4, -0.2) is 35.4 Å². The highest BCUT2D eigenvalue weighted by Gasteiger charge is 2.15. The van der Waals surface area contributed by atoms with Gasteiger partial charge in [-0.25, -0.2) is 0 Å². The summed E-state index contributed by atoms with van der Waals surface area (Å²) in [7, 11) is 1.83. The Morgan fingerprint density at radius 1 is 1.56 bits per heavy atom. The van der Waals surface area contributed by atoms with Crippen molar-refractivity contribution < 1.29 is 9.53 Å². The smallest absolute Gasteiger partial charge is 0.243 e. The molecule has 0 unspecified atom stereocenters. The molecule has 0 aromatic carbocycles. The number of nitrogens with two attached hydrogens (primary N) is 2. The molecular weight excluding hydrogens is 234 g/mol. The van der Waals surface area contributed by atoms with Crippen LogP contribution in [0.5, 0.6) is 0 Å². The zero-order chi connectivity index (χ0) is 13.7. The quantitative estimate of drug-likeness (QED) is 0.596. The molecule has 18 heavy (non-hydrogen) atoms. The average Bonchev–Trinajstić information content (AvgIpc) is 2.55. The second-order valence-corrected chi connectivity index (χ2v) is 4.37. The first-order valence-electron chi connectivity index (χ1n) is 5.85. The first-order chi connectivity index (χ1) is 8.43. The number of aryl methyl sites for hydroxylation is 1. The van der Waals surface area contributed by atoms with Crippen molar-refractivity contribution >= 4 is 17.4 Å². The van der Waals surface area contributed by atoms with Gasteiger partial charge in [0.05, 0.1) is 18.0 Å². The first-order valence-corrected chi connectivity index (χ1v) is 5.85. The van der Waals surface area contributed by atoms with Gasteiger partial charge >= 0.3 is 0 Å². The molecule has 5 N–H and O–H groups in total. The fraction of sp³-hybridized carbons (Fsp3) is 0.636. The van der Waals surface area contributed by atoms with E-state index in [0.717, 1.165) is 11.5 Å². The predicted molar refractivity (Wildman–Crippen MR) is 70.2 cm³/mol. The van der Waals surface area contributed by atoms with Gasteiger partial charge in [-0.15, -0.1) is 0 Å². The van der Waals surface area contributed by atoms with Gasteiger partial charge in [0.15, 0.2) is 0 Å². The number of rotatable bonds is 7. The van der Waals surface area contributed by atoms with Crippen molar-refractivity contribution in [2.75, 3.05) is 30.8 Å². The lowest BCUT2D eigenvalue weighted by Gasteiger charge is -2.08. The van der Waals surface area contributed by atoms with E-state index in [2.05, 4.69) is 10.4 Å². The van der Waals surface area contributed by atoms with E-state index in [9.17, 15) is 4.79 Å². The number of nitrogens with one attached hydrogen (secondary N) is 1. The second kappa shape index (κ2) is 6.25. The van der Waals surface area contributed by atoms with Crippen LogP contribution >= 0.6 is 0 Å². The third-order valence-electron chi connectivity index (χ3n) is 2.44. The molecule has 0 bridgehead atoms. The van der Waals surface area contributed by atoms with Crippen LogP contribution in [0.2, 0.25) is 0 Å². The normalized spacial score (nSPS) is 10.9. The van der Waals surface area contributed by atoms with Gasteiger partial charge in [0.1, 0.15) is 12.4 Å². The Bertz CT molecular complexity index is 414. The van der Waals surface area contributed by atoms with E-state index in [-0.39, 0.29) is 12.5 Å². The molecular formula is C11H21N5O2. The SMILES string of the molecule is CC(C)c1nn(C)c(NCCOCC(N)=O)c1N. The van der Waals surface area contributed by atoms with Gasteiger partial charge in [0.2, 0.25) is 5.91 Å². The Morgan fingerprint density at radius 3 is 2.72 bits per heavy atom. The molecule has 1 rings (SSSR count). The van der Waals surface area contributed by atoms with Crippen LogP contribution in [0, 0.1) is 0 Å². The number of carbonyl (C=O) groups excluding carboxylic acids is 1. The Balaban J connectivity index is 2.50. The van der Waals surface area contributed by atoms with E-state index in [0.29, 0.717) is 18.8 Å². The highest BCUT2D eigenvalue weighted by Crippen LogP contribution is 2.27. The number of nitrogens with zero attached hydrogens (tertiary/aromatic N) is 2. The maximum Gasteiger partial charge on any atom is 0.243 e. The monoisotopic (exact) mass is 255 g/mol. The molecule has 1 aromatic rings. The second-order valence-electron chi connectivity index (χ2n) is 4.37. The van der Waals surface area contributed by atoms with Gasteiger partial charge in [0, 0.05) is 13.6 Å². The van der Waals surface area contributed by atoms with E-state index >= 15 is 0 Å². The van der Waals surface area contributed by atoms with Gasteiger partial charge in [-0.3, -0.25) is 9.48 Å². The first kappa shape index (κ1) is 14.3. The maximum absolute atomic E-state index is 10.5. The van der Waals surface area contributed by atoms with Crippen molar-refractivity contribution in [1.82, 2.24) is 9.78 Å².